The summed E-state index contributed by atoms with van der Waals surface area (Å²) in [6.45, 7) is 0. The molecule has 3 heterocycles. The Morgan fingerprint density at radius 1 is 1.07 bits per heavy atom. The van der Waals surface area contributed by atoms with Gasteiger partial charge in [0.25, 0.3) is 0 Å². The van der Waals surface area contributed by atoms with Crippen molar-refractivity contribution >= 4 is 22.2 Å². The van der Waals surface area contributed by atoms with Gasteiger partial charge in [-0.05, 0) is 18.1 Å². The number of nitrogens with two attached hydrogens (primary N) is 1. The zero-order chi connectivity index (χ0) is 19.4. The molecule has 0 aliphatic heterocycles. The average Bonchev–Trinajstić information content (AvgIpc) is 3.30. The lowest BCUT2D eigenvalue weighted by Crippen LogP contribution is -2.07. The largest absolute Gasteiger partial charge is 0.382 e. The number of rotatable bonds is 3. The number of hydrogen-bond donors (Lipinski definition) is 2. The molecule has 1 aliphatic rings. The Kier molecular flexibility index (Phi) is 3.38. The molecule has 5 heteroatoms. The van der Waals surface area contributed by atoms with E-state index in [1.54, 1.807) is 6.20 Å². The third-order valence-electron chi connectivity index (χ3n) is 5.70. The molecule has 0 bridgehead atoms. The topological polar surface area (TPSA) is 72.0 Å². The van der Waals surface area contributed by atoms with Gasteiger partial charge in [-0.1, -0.05) is 60.7 Å². The van der Waals surface area contributed by atoms with Crippen molar-refractivity contribution < 1.29 is 0 Å². The fraction of sp³-hybridized carbons (Fsp3) is 0.0833. The smallest absolute Gasteiger partial charge is 0.150 e. The molecule has 5 aromatic rings. The zero-order valence-corrected chi connectivity index (χ0v) is 15.7. The molecule has 1 atom stereocenters. The summed E-state index contributed by atoms with van der Waals surface area (Å²) in [6, 6.07) is 18.9. The number of anilines is 1. The van der Waals surface area contributed by atoms with Gasteiger partial charge in [0.05, 0.1) is 11.2 Å². The van der Waals surface area contributed by atoms with Crippen molar-refractivity contribution in [1.82, 2.24) is 19.4 Å². The molecule has 140 valence electrons. The highest BCUT2D eigenvalue weighted by molar-refractivity contribution is 5.98. The Balaban J connectivity index is 1.60. The maximum atomic E-state index is 6.28. The SMILES string of the molecule is Nc1nccn2c(C3C=CC3)nc(-c3cc4cccc(-c5ccccc5)c4[nH]3)c12. The highest BCUT2D eigenvalue weighted by atomic mass is 15.1. The Hall–Kier alpha value is -3.86. The van der Waals surface area contributed by atoms with Crippen LogP contribution in [0.15, 0.2) is 79.1 Å². The Morgan fingerprint density at radius 3 is 2.72 bits per heavy atom. The summed E-state index contributed by atoms with van der Waals surface area (Å²) in [5, 5.41) is 1.15. The minimum absolute atomic E-state index is 0.322. The molecule has 0 saturated carbocycles. The number of fused-ring (bicyclic) bond motifs is 2. The summed E-state index contributed by atoms with van der Waals surface area (Å²) in [4.78, 5) is 12.9. The lowest BCUT2D eigenvalue weighted by Gasteiger charge is -2.15. The lowest BCUT2D eigenvalue weighted by molar-refractivity contribution is 0.723. The van der Waals surface area contributed by atoms with Crippen LogP contribution >= 0.6 is 0 Å². The van der Waals surface area contributed by atoms with Crippen LogP contribution in [0.4, 0.5) is 5.82 Å². The van der Waals surface area contributed by atoms with Gasteiger partial charge in [0.2, 0.25) is 0 Å². The standard InChI is InChI=1S/C24H19N5/c25-23-22-21(28-24(16-8-4-9-16)29(22)13-12-26-23)19-14-17-10-5-11-18(20(17)27-19)15-6-2-1-3-7-15/h1-8,10-14,16,27H,9H2,(H2,25,26). The quantitative estimate of drug-likeness (QED) is 0.426. The van der Waals surface area contributed by atoms with Crippen LogP contribution in [-0.4, -0.2) is 19.4 Å². The van der Waals surface area contributed by atoms with E-state index in [1.165, 1.54) is 11.1 Å². The van der Waals surface area contributed by atoms with Crippen molar-refractivity contribution in [3.8, 4) is 22.5 Å². The number of benzene rings is 2. The number of hydrogen-bond acceptors (Lipinski definition) is 3. The highest BCUT2D eigenvalue weighted by Crippen LogP contribution is 2.37. The van der Waals surface area contributed by atoms with Crippen molar-refractivity contribution in [1.29, 1.82) is 0 Å². The highest BCUT2D eigenvalue weighted by Gasteiger charge is 2.24. The van der Waals surface area contributed by atoms with E-state index in [4.69, 9.17) is 10.7 Å². The first-order chi connectivity index (χ1) is 14.3. The van der Waals surface area contributed by atoms with Gasteiger partial charge in [-0.25, -0.2) is 9.97 Å². The lowest BCUT2D eigenvalue weighted by atomic mass is 9.95. The fourth-order valence-electron chi connectivity index (χ4n) is 4.14. The number of nitrogen functional groups attached to an aromatic ring is 1. The van der Waals surface area contributed by atoms with Crippen LogP contribution in [0.5, 0.6) is 0 Å². The number of aromatic amines is 1. The van der Waals surface area contributed by atoms with Gasteiger partial charge in [-0.3, -0.25) is 4.40 Å². The molecule has 0 fully saturated rings. The van der Waals surface area contributed by atoms with Crippen LogP contribution in [0.3, 0.4) is 0 Å². The minimum atomic E-state index is 0.322. The van der Waals surface area contributed by atoms with Crippen LogP contribution in [-0.2, 0) is 0 Å². The minimum Gasteiger partial charge on any atom is -0.382 e. The Labute approximate surface area is 167 Å². The van der Waals surface area contributed by atoms with Crippen LogP contribution in [0.25, 0.3) is 38.9 Å². The zero-order valence-electron chi connectivity index (χ0n) is 15.7. The molecule has 0 radical (unpaired) electrons. The Morgan fingerprint density at radius 2 is 1.93 bits per heavy atom. The summed E-state index contributed by atoms with van der Waals surface area (Å²) in [5.74, 6) is 1.82. The second kappa shape index (κ2) is 6.07. The van der Waals surface area contributed by atoms with Gasteiger partial charge < -0.3 is 10.7 Å². The first-order valence-corrected chi connectivity index (χ1v) is 9.76. The molecular weight excluding hydrogens is 358 g/mol. The monoisotopic (exact) mass is 377 g/mol. The third kappa shape index (κ3) is 2.41. The predicted molar refractivity (Wildman–Crippen MR) is 117 cm³/mol. The van der Waals surface area contributed by atoms with Gasteiger partial charge in [0.1, 0.15) is 22.9 Å². The summed E-state index contributed by atoms with van der Waals surface area (Å²) < 4.78 is 2.08. The molecule has 0 amide bonds. The molecule has 0 saturated heterocycles. The molecule has 1 unspecified atom stereocenters. The van der Waals surface area contributed by atoms with Crippen LogP contribution < -0.4 is 5.73 Å². The number of allylic oxidation sites excluding steroid dienone is 2. The molecule has 5 nitrogen and oxygen atoms in total. The number of nitrogens with zero attached hydrogens (tertiary/aromatic N) is 3. The van der Waals surface area contributed by atoms with E-state index in [0.717, 1.165) is 40.1 Å². The van der Waals surface area contributed by atoms with Crippen LogP contribution in [0.2, 0.25) is 0 Å². The van der Waals surface area contributed by atoms with E-state index < -0.39 is 0 Å². The molecule has 3 N–H and O–H groups in total. The summed E-state index contributed by atoms with van der Waals surface area (Å²) in [7, 11) is 0. The third-order valence-corrected chi connectivity index (χ3v) is 5.70. The number of aromatic nitrogens is 4. The molecule has 2 aromatic carbocycles. The van der Waals surface area contributed by atoms with Crippen molar-refractivity contribution in [3.63, 3.8) is 0 Å². The van der Waals surface area contributed by atoms with Crippen LogP contribution in [0.1, 0.15) is 18.2 Å². The maximum absolute atomic E-state index is 6.28. The second-order valence-corrected chi connectivity index (χ2v) is 7.44. The van der Waals surface area contributed by atoms with E-state index in [-0.39, 0.29) is 0 Å². The van der Waals surface area contributed by atoms with E-state index >= 15 is 0 Å². The second-order valence-electron chi connectivity index (χ2n) is 7.44. The van der Waals surface area contributed by atoms with Gasteiger partial charge in [-0.2, -0.15) is 0 Å². The van der Waals surface area contributed by atoms with E-state index in [2.05, 4.69) is 75.1 Å². The van der Waals surface area contributed by atoms with Crippen molar-refractivity contribution in [2.24, 2.45) is 0 Å². The van der Waals surface area contributed by atoms with Crippen molar-refractivity contribution in [2.45, 2.75) is 12.3 Å². The molecule has 3 aromatic heterocycles. The van der Waals surface area contributed by atoms with Gasteiger partial charge >= 0.3 is 0 Å². The molecule has 29 heavy (non-hydrogen) atoms. The molecule has 0 spiro atoms. The summed E-state index contributed by atoms with van der Waals surface area (Å²) in [6.07, 6.45) is 9.05. The number of imidazole rings is 1. The number of nitrogens with one attached hydrogen (secondary N) is 1. The Bertz CT molecular complexity index is 1390. The summed E-state index contributed by atoms with van der Waals surface area (Å²) in [5.41, 5.74) is 12.4. The van der Waals surface area contributed by atoms with Crippen molar-refractivity contribution in [3.05, 3.63) is 85.0 Å². The average molecular weight is 377 g/mol. The normalized spacial score (nSPS) is 15.8. The summed E-state index contributed by atoms with van der Waals surface area (Å²) >= 11 is 0. The molecular formula is C24H19N5. The fourth-order valence-corrected chi connectivity index (χ4v) is 4.14. The molecule has 6 rings (SSSR count). The molecule has 1 aliphatic carbocycles. The van der Waals surface area contributed by atoms with Gasteiger partial charge in [0, 0.05) is 29.3 Å². The van der Waals surface area contributed by atoms with Gasteiger partial charge in [0.15, 0.2) is 0 Å². The van der Waals surface area contributed by atoms with E-state index in [0.29, 0.717) is 11.7 Å². The van der Waals surface area contributed by atoms with Crippen molar-refractivity contribution in [2.75, 3.05) is 5.73 Å². The maximum Gasteiger partial charge on any atom is 0.150 e. The van der Waals surface area contributed by atoms with E-state index in [9.17, 15) is 0 Å². The first kappa shape index (κ1) is 16.1. The van der Waals surface area contributed by atoms with E-state index in [1.807, 2.05) is 12.3 Å². The number of para-hydroxylation sites is 1. The van der Waals surface area contributed by atoms with Crippen LogP contribution in [0, 0.1) is 0 Å². The number of H-pyrrole nitrogens is 1. The first-order valence-electron chi connectivity index (χ1n) is 9.76. The van der Waals surface area contributed by atoms with Gasteiger partial charge in [-0.15, -0.1) is 0 Å². The predicted octanol–water partition coefficient (Wildman–Crippen LogP) is 5.17.